The lowest BCUT2D eigenvalue weighted by atomic mass is 10.0. The molecule has 0 aliphatic carbocycles. The molecule has 2 N–H and O–H groups in total. The van der Waals surface area contributed by atoms with Gasteiger partial charge in [0.05, 0.1) is 6.04 Å². The molecule has 0 fully saturated rings. The van der Waals surface area contributed by atoms with Crippen LogP contribution < -0.4 is 5.32 Å². The number of carbonyl (C=O) groups is 2. The second-order valence-corrected chi connectivity index (χ2v) is 4.39. The minimum Gasteiger partial charge on any atom is -0.481 e. The number of aryl methyl sites for hydroxylation is 1. The molecule has 98 valence electrons. The normalized spacial score (nSPS) is 13.7. The molecular formula is C14H19NO3. The predicted octanol–water partition coefficient (Wildman–Crippen LogP) is 2.15. The van der Waals surface area contributed by atoms with Crippen LogP contribution in [-0.2, 0) is 16.0 Å². The van der Waals surface area contributed by atoms with Crippen LogP contribution >= 0.6 is 0 Å². The summed E-state index contributed by atoms with van der Waals surface area (Å²) < 4.78 is 0. The average molecular weight is 249 g/mol. The maximum Gasteiger partial charge on any atom is 0.315 e. The van der Waals surface area contributed by atoms with Gasteiger partial charge in [0, 0.05) is 0 Å². The van der Waals surface area contributed by atoms with Crippen molar-refractivity contribution in [1.29, 1.82) is 0 Å². The largest absolute Gasteiger partial charge is 0.481 e. The van der Waals surface area contributed by atoms with Gasteiger partial charge in [0.1, 0.15) is 5.92 Å². The minimum absolute atomic E-state index is 0.190. The van der Waals surface area contributed by atoms with Gasteiger partial charge in [0.15, 0.2) is 0 Å². The van der Waals surface area contributed by atoms with Gasteiger partial charge < -0.3 is 10.4 Å². The first-order chi connectivity index (χ1) is 8.45. The van der Waals surface area contributed by atoms with Crippen molar-refractivity contribution in [2.75, 3.05) is 0 Å². The van der Waals surface area contributed by atoms with Crippen LogP contribution in [0.2, 0.25) is 0 Å². The summed E-state index contributed by atoms with van der Waals surface area (Å²) in [4.78, 5) is 22.3. The molecule has 0 heterocycles. The van der Waals surface area contributed by atoms with Crippen molar-refractivity contribution in [3.8, 4) is 0 Å². The van der Waals surface area contributed by atoms with Gasteiger partial charge in [-0.25, -0.2) is 0 Å². The SMILES string of the molecule is CCc1ccc(C(C)NC(=O)C(C)C(=O)O)cc1. The monoisotopic (exact) mass is 249 g/mol. The summed E-state index contributed by atoms with van der Waals surface area (Å²) in [7, 11) is 0. The third-order valence-electron chi connectivity index (χ3n) is 3.01. The average Bonchev–Trinajstić information content (AvgIpc) is 2.37. The summed E-state index contributed by atoms with van der Waals surface area (Å²) in [6.07, 6.45) is 0.969. The molecule has 1 amide bonds. The van der Waals surface area contributed by atoms with E-state index in [0.717, 1.165) is 12.0 Å². The molecule has 18 heavy (non-hydrogen) atoms. The lowest BCUT2D eigenvalue weighted by molar-refractivity contribution is -0.146. The van der Waals surface area contributed by atoms with Gasteiger partial charge in [-0.3, -0.25) is 9.59 Å². The molecule has 1 aromatic carbocycles. The highest BCUT2D eigenvalue weighted by molar-refractivity contribution is 5.96. The molecule has 0 saturated heterocycles. The van der Waals surface area contributed by atoms with E-state index in [0.29, 0.717) is 0 Å². The lowest BCUT2D eigenvalue weighted by Gasteiger charge is -2.16. The number of carboxylic acids is 1. The molecular weight excluding hydrogens is 230 g/mol. The summed E-state index contributed by atoms with van der Waals surface area (Å²) >= 11 is 0. The second-order valence-electron chi connectivity index (χ2n) is 4.39. The van der Waals surface area contributed by atoms with Gasteiger partial charge in [-0.1, -0.05) is 31.2 Å². The molecule has 1 rings (SSSR count). The quantitative estimate of drug-likeness (QED) is 0.786. The maximum absolute atomic E-state index is 11.6. The Bertz CT molecular complexity index is 425. The van der Waals surface area contributed by atoms with Crippen LogP contribution in [0.5, 0.6) is 0 Å². The van der Waals surface area contributed by atoms with E-state index in [2.05, 4.69) is 12.2 Å². The number of hydrogen-bond donors (Lipinski definition) is 2. The van der Waals surface area contributed by atoms with Crippen LogP contribution in [0.1, 0.15) is 37.9 Å². The van der Waals surface area contributed by atoms with Gasteiger partial charge in [0.25, 0.3) is 0 Å². The Morgan fingerprint density at radius 1 is 1.22 bits per heavy atom. The Morgan fingerprint density at radius 2 is 1.78 bits per heavy atom. The Kier molecular flexibility index (Phi) is 4.89. The smallest absolute Gasteiger partial charge is 0.315 e. The van der Waals surface area contributed by atoms with Crippen LogP contribution in [0.15, 0.2) is 24.3 Å². The van der Waals surface area contributed by atoms with Crippen LogP contribution in [0.3, 0.4) is 0 Å². The van der Waals surface area contributed by atoms with Gasteiger partial charge in [-0.2, -0.15) is 0 Å². The van der Waals surface area contributed by atoms with E-state index in [1.54, 1.807) is 0 Å². The van der Waals surface area contributed by atoms with E-state index < -0.39 is 17.8 Å². The van der Waals surface area contributed by atoms with E-state index in [1.807, 2.05) is 31.2 Å². The first kappa shape index (κ1) is 14.2. The highest BCUT2D eigenvalue weighted by Gasteiger charge is 2.22. The molecule has 0 bridgehead atoms. The number of benzene rings is 1. The number of nitrogens with one attached hydrogen (secondary N) is 1. The summed E-state index contributed by atoms with van der Waals surface area (Å²) in [5.74, 6) is -2.60. The highest BCUT2D eigenvalue weighted by Crippen LogP contribution is 2.14. The third-order valence-corrected chi connectivity index (χ3v) is 3.01. The number of aliphatic carboxylic acids is 1. The number of amides is 1. The van der Waals surface area contributed by atoms with Crippen LogP contribution in [-0.4, -0.2) is 17.0 Å². The Labute approximate surface area is 107 Å². The fraction of sp³-hybridized carbons (Fsp3) is 0.429. The van der Waals surface area contributed by atoms with Gasteiger partial charge in [0.2, 0.25) is 5.91 Å². The fourth-order valence-corrected chi connectivity index (χ4v) is 1.58. The molecule has 4 nitrogen and oxygen atoms in total. The summed E-state index contributed by atoms with van der Waals surface area (Å²) in [5, 5.41) is 11.4. The number of carbonyl (C=O) groups excluding carboxylic acids is 1. The highest BCUT2D eigenvalue weighted by atomic mass is 16.4. The van der Waals surface area contributed by atoms with E-state index in [4.69, 9.17) is 5.11 Å². The number of carboxylic acid groups (broad SMARTS) is 1. The minimum atomic E-state index is -1.11. The molecule has 0 aliphatic heterocycles. The molecule has 1 aromatic rings. The van der Waals surface area contributed by atoms with Crippen molar-refractivity contribution in [3.63, 3.8) is 0 Å². The molecule has 0 radical (unpaired) electrons. The molecule has 0 aliphatic rings. The van der Waals surface area contributed by atoms with Gasteiger partial charge in [-0.15, -0.1) is 0 Å². The van der Waals surface area contributed by atoms with Crippen molar-refractivity contribution < 1.29 is 14.7 Å². The van der Waals surface area contributed by atoms with Crippen LogP contribution in [0.25, 0.3) is 0 Å². The molecule has 0 saturated carbocycles. The van der Waals surface area contributed by atoms with E-state index in [9.17, 15) is 9.59 Å². The standard InChI is InChI=1S/C14H19NO3/c1-4-11-5-7-12(8-6-11)10(3)15-13(16)9(2)14(17)18/h5-10H,4H2,1-3H3,(H,15,16)(H,17,18). The van der Waals surface area contributed by atoms with E-state index >= 15 is 0 Å². The third kappa shape index (κ3) is 3.58. The van der Waals surface area contributed by atoms with Crippen molar-refractivity contribution >= 4 is 11.9 Å². The van der Waals surface area contributed by atoms with Crippen molar-refractivity contribution in [3.05, 3.63) is 35.4 Å². The second kappa shape index (κ2) is 6.19. The molecule has 0 spiro atoms. The Morgan fingerprint density at radius 3 is 2.22 bits per heavy atom. The van der Waals surface area contributed by atoms with E-state index in [-0.39, 0.29) is 6.04 Å². The topological polar surface area (TPSA) is 66.4 Å². The predicted molar refractivity (Wildman–Crippen MR) is 69.2 cm³/mol. The molecule has 0 aromatic heterocycles. The van der Waals surface area contributed by atoms with Gasteiger partial charge >= 0.3 is 5.97 Å². The zero-order chi connectivity index (χ0) is 13.7. The summed E-state index contributed by atoms with van der Waals surface area (Å²) in [6, 6.07) is 7.74. The van der Waals surface area contributed by atoms with Crippen LogP contribution in [0.4, 0.5) is 0 Å². The molecule has 4 heteroatoms. The van der Waals surface area contributed by atoms with Crippen molar-refractivity contribution in [2.45, 2.75) is 33.2 Å². The lowest BCUT2D eigenvalue weighted by Crippen LogP contribution is -2.35. The zero-order valence-electron chi connectivity index (χ0n) is 10.9. The zero-order valence-corrected chi connectivity index (χ0v) is 10.9. The summed E-state index contributed by atoms with van der Waals surface area (Å²) in [6.45, 7) is 5.30. The number of rotatable bonds is 5. The Hall–Kier alpha value is -1.84. The maximum atomic E-state index is 11.6. The fourth-order valence-electron chi connectivity index (χ4n) is 1.58. The van der Waals surface area contributed by atoms with Gasteiger partial charge in [-0.05, 0) is 31.4 Å². The molecule has 2 atom stereocenters. The molecule has 2 unspecified atom stereocenters. The van der Waals surface area contributed by atoms with Crippen molar-refractivity contribution in [2.24, 2.45) is 5.92 Å². The number of hydrogen-bond acceptors (Lipinski definition) is 2. The summed E-state index contributed by atoms with van der Waals surface area (Å²) in [5.41, 5.74) is 2.20. The Balaban J connectivity index is 2.67. The van der Waals surface area contributed by atoms with E-state index in [1.165, 1.54) is 12.5 Å². The first-order valence-electron chi connectivity index (χ1n) is 6.07. The first-order valence-corrected chi connectivity index (χ1v) is 6.07. The van der Waals surface area contributed by atoms with Crippen LogP contribution in [0, 0.1) is 5.92 Å². The van der Waals surface area contributed by atoms with Crippen molar-refractivity contribution in [1.82, 2.24) is 5.32 Å².